The maximum Gasteiger partial charge on any atom is 0.225 e. The second-order valence-corrected chi connectivity index (χ2v) is 4.38. The lowest BCUT2D eigenvalue weighted by molar-refractivity contribution is 0.0541. The van der Waals surface area contributed by atoms with E-state index in [0.29, 0.717) is 25.0 Å². The smallest absolute Gasteiger partial charge is 0.225 e. The van der Waals surface area contributed by atoms with Crippen LogP contribution in [0.5, 0.6) is 5.88 Å². The molecule has 0 atom stereocenters. The van der Waals surface area contributed by atoms with Gasteiger partial charge in [-0.15, -0.1) is 0 Å². The van der Waals surface area contributed by atoms with Gasteiger partial charge in [0.2, 0.25) is 11.8 Å². The standard InChI is InChI=1S/C13H23N3O2/c1-5-6-14-13-15-9-11(4)12(16-13)18-8-7-17-10(2)3/h9-10H,5-8H2,1-4H3,(H,14,15,16). The second kappa shape index (κ2) is 7.87. The van der Waals surface area contributed by atoms with Gasteiger partial charge in [-0.05, 0) is 27.2 Å². The Morgan fingerprint density at radius 3 is 2.78 bits per heavy atom. The third-order valence-electron chi connectivity index (χ3n) is 2.23. The Balaban J connectivity index is 2.47. The van der Waals surface area contributed by atoms with Crippen LogP contribution >= 0.6 is 0 Å². The molecule has 0 aliphatic heterocycles. The fraction of sp³-hybridized carbons (Fsp3) is 0.692. The summed E-state index contributed by atoms with van der Waals surface area (Å²) in [6, 6.07) is 0. The highest BCUT2D eigenvalue weighted by atomic mass is 16.5. The zero-order chi connectivity index (χ0) is 13.4. The highest BCUT2D eigenvalue weighted by molar-refractivity contribution is 5.32. The summed E-state index contributed by atoms with van der Waals surface area (Å²) in [5, 5.41) is 3.14. The third-order valence-corrected chi connectivity index (χ3v) is 2.23. The van der Waals surface area contributed by atoms with E-state index < -0.39 is 0 Å². The van der Waals surface area contributed by atoms with Crippen molar-refractivity contribution in [2.75, 3.05) is 25.1 Å². The van der Waals surface area contributed by atoms with Gasteiger partial charge in [-0.2, -0.15) is 4.98 Å². The number of nitrogens with one attached hydrogen (secondary N) is 1. The van der Waals surface area contributed by atoms with Crippen molar-refractivity contribution in [3.63, 3.8) is 0 Å². The summed E-state index contributed by atoms with van der Waals surface area (Å²) in [5.74, 6) is 1.23. The molecule has 0 radical (unpaired) electrons. The van der Waals surface area contributed by atoms with Crippen molar-refractivity contribution in [2.45, 2.75) is 40.2 Å². The molecule has 0 bridgehead atoms. The summed E-state index contributed by atoms with van der Waals surface area (Å²) in [7, 11) is 0. The lowest BCUT2D eigenvalue weighted by atomic mass is 10.4. The quantitative estimate of drug-likeness (QED) is 0.721. The number of anilines is 1. The Labute approximate surface area is 109 Å². The summed E-state index contributed by atoms with van der Waals surface area (Å²) in [6.45, 7) is 9.97. The van der Waals surface area contributed by atoms with E-state index in [1.807, 2.05) is 20.8 Å². The molecule has 0 saturated heterocycles. The van der Waals surface area contributed by atoms with Gasteiger partial charge in [-0.25, -0.2) is 4.98 Å². The molecule has 18 heavy (non-hydrogen) atoms. The average Bonchev–Trinajstić information content (AvgIpc) is 2.34. The lowest BCUT2D eigenvalue weighted by Crippen LogP contribution is -2.13. The number of hydrogen-bond donors (Lipinski definition) is 1. The molecule has 5 nitrogen and oxygen atoms in total. The zero-order valence-corrected chi connectivity index (χ0v) is 11.7. The maximum atomic E-state index is 5.59. The van der Waals surface area contributed by atoms with Crippen LogP contribution in [0.1, 0.15) is 32.8 Å². The van der Waals surface area contributed by atoms with E-state index in [1.165, 1.54) is 0 Å². The normalized spacial score (nSPS) is 10.7. The first kappa shape index (κ1) is 14.7. The maximum absolute atomic E-state index is 5.59. The van der Waals surface area contributed by atoms with Crippen LogP contribution in [0.25, 0.3) is 0 Å². The van der Waals surface area contributed by atoms with Gasteiger partial charge in [0.15, 0.2) is 0 Å². The average molecular weight is 253 g/mol. The van der Waals surface area contributed by atoms with Crippen molar-refractivity contribution < 1.29 is 9.47 Å². The fourth-order valence-corrected chi connectivity index (χ4v) is 1.32. The van der Waals surface area contributed by atoms with Crippen LogP contribution in [0, 0.1) is 6.92 Å². The molecule has 1 aromatic rings. The van der Waals surface area contributed by atoms with Crippen LogP contribution < -0.4 is 10.1 Å². The lowest BCUT2D eigenvalue weighted by Gasteiger charge is -2.11. The van der Waals surface area contributed by atoms with Gasteiger partial charge in [0.25, 0.3) is 0 Å². The number of rotatable bonds is 8. The summed E-state index contributed by atoms with van der Waals surface area (Å²) >= 11 is 0. The van der Waals surface area contributed by atoms with Crippen LogP contribution in [0.3, 0.4) is 0 Å². The van der Waals surface area contributed by atoms with E-state index >= 15 is 0 Å². The Kier molecular flexibility index (Phi) is 6.43. The molecule has 0 amide bonds. The van der Waals surface area contributed by atoms with Crippen LogP contribution in [0.15, 0.2) is 6.20 Å². The summed E-state index contributed by atoms with van der Waals surface area (Å²) in [5.41, 5.74) is 0.932. The predicted octanol–water partition coefficient (Wildman–Crippen LogP) is 2.41. The topological polar surface area (TPSA) is 56.3 Å². The molecule has 0 aliphatic carbocycles. The van der Waals surface area contributed by atoms with Gasteiger partial charge in [0, 0.05) is 18.3 Å². The minimum absolute atomic E-state index is 0.224. The molecule has 1 heterocycles. The summed E-state index contributed by atoms with van der Waals surface area (Å²) in [4.78, 5) is 8.53. The van der Waals surface area contributed by atoms with Gasteiger partial charge in [-0.1, -0.05) is 6.92 Å². The molecular formula is C13H23N3O2. The van der Waals surface area contributed by atoms with Gasteiger partial charge >= 0.3 is 0 Å². The number of aromatic nitrogens is 2. The highest BCUT2D eigenvalue weighted by Crippen LogP contribution is 2.15. The van der Waals surface area contributed by atoms with Crippen molar-refractivity contribution in [2.24, 2.45) is 0 Å². The van der Waals surface area contributed by atoms with Crippen molar-refractivity contribution in [3.05, 3.63) is 11.8 Å². The SMILES string of the molecule is CCCNc1ncc(C)c(OCCOC(C)C)n1. The first-order chi connectivity index (χ1) is 8.63. The fourth-order valence-electron chi connectivity index (χ4n) is 1.32. The minimum Gasteiger partial charge on any atom is -0.475 e. The molecule has 1 N–H and O–H groups in total. The van der Waals surface area contributed by atoms with Crippen molar-refractivity contribution in [1.29, 1.82) is 0 Å². The molecule has 1 aromatic heterocycles. The summed E-state index contributed by atoms with van der Waals surface area (Å²) < 4.78 is 11.0. The van der Waals surface area contributed by atoms with Crippen LogP contribution in [0.2, 0.25) is 0 Å². The van der Waals surface area contributed by atoms with Gasteiger partial charge in [0.1, 0.15) is 6.61 Å². The summed E-state index contributed by atoms with van der Waals surface area (Å²) in [6.07, 6.45) is 3.03. The Morgan fingerprint density at radius 2 is 2.11 bits per heavy atom. The third kappa shape index (κ3) is 5.31. The predicted molar refractivity (Wildman–Crippen MR) is 72.1 cm³/mol. The van der Waals surface area contributed by atoms with Gasteiger partial charge in [-0.3, -0.25) is 0 Å². The molecule has 5 heteroatoms. The molecular weight excluding hydrogens is 230 g/mol. The first-order valence-electron chi connectivity index (χ1n) is 6.45. The number of hydrogen-bond acceptors (Lipinski definition) is 5. The Bertz CT molecular complexity index is 356. The number of aryl methyl sites for hydroxylation is 1. The highest BCUT2D eigenvalue weighted by Gasteiger charge is 2.04. The number of nitrogens with zero attached hydrogens (tertiary/aromatic N) is 2. The zero-order valence-electron chi connectivity index (χ0n) is 11.7. The van der Waals surface area contributed by atoms with Crippen molar-refractivity contribution >= 4 is 5.95 Å². The second-order valence-electron chi connectivity index (χ2n) is 4.38. The Hall–Kier alpha value is -1.36. The van der Waals surface area contributed by atoms with E-state index in [4.69, 9.17) is 9.47 Å². The molecule has 0 spiro atoms. The first-order valence-corrected chi connectivity index (χ1v) is 6.45. The van der Waals surface area contributed by atoms with Crippen molar-refractivity contribution in [1.82, 2.24) is 9.97 Å². The number of ether oxygens (including phenoxy) is 2. The van der Waals surface area contributed by atoms with E-state index in [9.17, 15) is 0 Å². The van der Waals surface area contributed by atoms with Crippen LogP contribution in [-0.4, -0.2) is 35.8 Å². The van der Waals surface area contributed by atoms with E-state index in [0.717, 1.165) is 18.5 Å². The molecule has 0 aromatic carbocycles. The largest absolute Gasteiger partial charge is 0.475 e. The van der Waals surface area contributed by atoms with Crippen molar-refractivity contribution in [3.8, 4) is 5.88 Å². The monoisotopic (exact) mass is 253 g/mol. The van der Waals surface area contributed by atoms with E-state index in [1.54, 1.807) is 6.20 Å². The molecule has 0 aliphatic rings. The Morgan fingerprint density at radius 1 is 1.33 bits per heavy atom. The van der Waals surface area contributed by atoms with Gasteiger partial charge < -0.3 is 14.8 Å². The van der Waals surface area contributed by atoms with E-state index in [2.05, 4.69) is 22.2 Å². The minimum atomic E-state index is 0.224. The van der Waals surface area contributed by atoms with Crippen LogP contribution in [0.4, 0.5) is 5.95 Å². The molecule has 102 valence electrons. The molecule has 0 saturated carbocycles. The van der Waals surface area contributed by atoms with E-state index in [-0.39, 0.29) is 6.10 Å². The molecule has 1 rings (SSSR count). The molecule has 0 unspecified atom stereocenters. The van der Waals surface area contributed by atoms with Crippen LogP contribution in [-0.2, 0) is 4.74 Å². The molecule has 0 fully saturated rings. The van der Waals surface area contributed by atoms with Gasteiger partial charge in [0.05, 0.1) is 12.7 Å².